The molecule has 0 saturated carbocycles. The van der Waals surface area contributed by atoms with E-state index in [9.17, 15) is 14.0 Å². The van der Waals surface area contributed by atoms with Crippen LogP contribution < -0.4 is 4.90 Å². The summed E-state index contributed by atoms with van der Waals surface area (Å²) in [6.45, 7) is 0.974. The Hall–Kier alpha value is -4.43. The Morgan fingerprint density at radius 2 is 1.95 bits per heavy atom. The molecule has 0 unspecified atom stereocenters. The zero-order valence-electron chi connectivity index (χ0n) is 21.2. The average Bonchev–Trinajstić information content (AvgIpc) is 3.49. The van der Waals surface area contributed by atoms with Crippen molar-refractivity contribution >= 4 is 22.5 Å². The fraction of sp³-hybridized carbons (Fsp3) is 0.296. The Morgan fingerprint density at radius 1 is 1.13 bits per heavy atom. The van der Waals surface area contributed by atoms with Gasteiger partial charge in [-0.1, -0.05) is 17.3 Å². The van der Waals surface area contributed by atoms with Gasteiger partial charge in [0.15, 0.2) is 11.5 Å². The largest absolute Gasteiger partial charge is 0.352 e. The van der Waals surface area contributed by atoms with E-state index in [1.54, 1.807) is 16.9 Å². The van der Waals surface area contributed by atoms with Crippen LogP contribution in [0.3, 0.4) is 0 Å². The fourth-order valence-corrected chi connectivity index (χ4v) is 5.19. The van der Waals surface area contributed by atoms with Crippen molar-refractivity contribution in [2.24, 2.45) is 7.05 Å². The Bertz CT molecular complexity index is 1720. The van der Waals surface area contributed by atoms with E-state index < -0.39 is 12.0 Å². The molecule has 1 aliphatic rings. The first-order valence-corrected chi connectivity index (χ1v) is 12.3. The number of halogens is 2. The molecule has 11 heteroatoms. The van der Waals surface area contributed by atoms with Gasteiger partial charge in [0.05, 0.1) is 28.5 Å². The van der Waals surface area contributed by atoms with Gasteiger partial charge >= 0.3 is 0 Å². The molecule has 0 bridgehead atoms. The first-order valence-electron chi connectivity index (χ1n) is 12.3. The van der Waals surface area contributed by atoms with Gasteiger partial charge in [0, 0.05) is 43.7 Å². The Balaban J connectivity index is 1.57. The van der Waals surface area contributed by atoms with E-state index in [1.807, 2.05) is 60.9 Å². The summed E-state index contributed by atoms with van der Waals surface area (Å²) >= 11 is 0. The summed E-state index contributed by atoms with van der Waals surface area (Å²) < 4.78 is 33.0. The molecule has 192 valence electrons. The number of anilines is 1. The third kappa shape index (κ3) is 3.85. The van der Waals surface area contributed by atoms with Crippen LogP contribution in [0.5, 0.6) is 0 Å². The molecule has 4 heterocycles. The van der Waals surface area contributed by atoms with Crippen molar-refractivity contribution in [3.8, 4) is 28.6 Å². The molecule has 0 amide bonds. The highest BCUT2D eigenvalue weighted by Crippen LogP contribution is 2.37. The summed E-state index contributed by atoms with van der Waals surface area (Å²) in [6, 6.07) is 11.9. The summed E-state index contributed by atoms with van der Waals surface area (Å²) in [5.74, 6) is 0.0167. The normalized spacial score (nSPS) is 18.0. The number of piperidine rings is 1. The van der Waals surface area contributed by atoms with Crippen molar-refractivity contribution in [2.75, 3.05) is 32.1 Å². The third-order valence-electron chi connectivity index (χ3n) is 7.23. The molecule has 1 fully saturated rings. The number of hydrogen-bond donors (Lipinski definition) is 0. The van der Waals surface area contributed by atoms with Crippen molar-refractivity contribution in [1.82, 2.24) is 34.3 Å². The average molecular weight is 514 g/mol. The number of nitrogens with zero attached hydrogens (tertiary/aromatic N) is 9. The maximum Gasteiger partial charge on any atom is 0.181 e. The third-order valence-corrected chi connectivity index (χ3v) is 7.23. The summed E-state index contributed by atoms with van der Waals surface area (Å²) in [5, 5.41) is 17.6. The van der Waals surface area contributed by atoms with Crippen LogP contribution in [-0.2, 0) is 7.05 Å². The minimum absolute atomic E-state index is 0.0359. The second-order valence-electron chi connectivity index (χ2n) is 9.76. The van der Waals surface area contributed by atoms with Gasteiger partial charge in [-0.25, -0.2) is 23.4 Å². The van der Waals surface area contributed by atoms with Gasteiger partial charge in [-0.3, -0.25) is 4.40 Å². The number of aromatic nitrogens is 6. The molecular weight excluding hydrogens is 488 g/mol. The summed E-state index contributed by atoms with van der Waals surface area (Å²) in [6.07, 6.45) is 2.98. The lowest BCUT2D eigenvalue weighted by Crippen LogP contribution is -2.52. The van der Waals surface area contributed by atoms with Gasteiger partial charge in [-0.05, 0) is 44.8 Å². The molecule has 1 aliphatic heterocycles. The van der Waals surface area contributed by atoms with Gasteiger partial charge in [0.25, 0.3) is 0 Å². The van der Waals surface area contributed by atoms with Crippen LogP contribution in [-0.4, -0.2) is 73.7 Å². The van der Waals surface area contributed by atoms with E-state index in [1.165, 1.54) is 12.1 Å². The SMILES string of the molecule is CN(C)[C@H]1CN(c2nccn3c(-c4ccc5c(c4)nnn5C)c(-c4ccc(C#N)c(F)c4)nc23)CC[C@H]1F. The monoisotopic (exact) mass is 513 g/mol. The van der Waals surface area contributed by atoms with Crippen molar-refractivity contribution in [1.29, 1.82) is 5.26 Å². The highest BCUT2D eigenvalue weighted by molar-refractivity contribution is 5.89. The molecule has 2 atom stereocenters. The quantitative estimate of drug-likeness (QED) is 0.361. The molecule has 38 heavy (non-hydrogen) atoms. The van der Waals surface area contributed by atoms with Gasteiger partial charge in [-0.15, -0.1) is 5.10 Å². The number of alkyl halides is 1. The number of imidazole rings is 1. The van der Waals surface area contributed by atoms with Gasteiger partial charge in [-0.2, -0.15) is 5.26 Å². The maximum absolute atomic E-state index is 14.7. The molecule has 0 spiro atoms. The minimum atomic E-state index is -0.924. The minimum Gasteiger partial charge on any atom is -0.352 e. The number of rotatable bonds is 4. The number of nitriles is 1. The Kier molecular flexibility index (Phi) is 5.76. The molecule has 0 N–H and O–H groups in total. The van der Waals surface area contributed by atoms with E-state index >= 15 is 0 Å². The van der Waals surface area contributed by atoms with Crippen molar-refractivity contribution in [3.63, 3.8) is 0 Å². The maximum atomic E-state index is 14.7. The number of aryl methyl sites for hydroxylation is 1. The molecular formula is C27H25F2N9. The molecule has 9 nitrogen and oxygen atoms in total. The second kappa shape index (κ2) is 9.15. The summed E-state index contributed by atoms with van der Waals surface area (Å²) in [5.41, 5.74) is 4.74. The summed E-state index contributed by atoms with van der Waals surface area (Å²) in [7, 11) is 5.58. The number of benzene rings is 2. The first-order chi connectivity index (χ1) is 18.4. The number of fused-ring (bicyclic) bond motifs is 2. The van der Waals surface area contributed by atoms with Gasteiger partial charge in [0.2, 0.25) is 0 Å². The van der Waals surface area contributed by atoms with Crippen molar-refractivity contribution in [2.45, 2.75) is 18.6 Å². The Labute approximate surface area is 217 Å². The molecule has 5 aromatic rings. The summed E-state index contributed by atoms with van der Waals surface area (Å²) in [4.78, 5) is 13.6. The second-order valence-corrected chi connectivity index (χ2v) is 9.76. The molecule has 3 aromatic heterocycles. The molecule has 0 radical (unpaired) electrons. The highest BCUT2D eigenvalue weighted by Gasteiger charge is 2.33. The smallest absolute Gasteiger partial charge is 0.181 e. The van der Waals surface area contributed by atoms with E-state index in [4.69, 9.17) is 4.98 Å². The molecule has 6 rings (SSSR count). The van der Waals surface area contributed by atoms with Crippen LogP contribution in [0, 0.1) is 17.1 Å². The molecule has 1 saturated heterocycles. The lowest BCUT2D eigenvalue weighted by atomic mass is 10.0. The highest BCUT2D eigenvalue weighted by atomic mass is 19.1. The standard InChI is InChI=1S/C27H25F2N9/c1-35(2)23-15-37(10-8-19(23)28)26-27-32-24(16-4-5-18(14-30)20(29)12-16)25(38(27)11-9-31-26)17-6-7-22-21(13-17)33-34-36(22)3/h4-7,9,11-13,19,23H,8,10,15H2,1-3H3/t19-,23+/m1/s1. The molecule has 0 aliphatic carbocycles. The van der Waals surface area contributed by atoms with E-state index in [-0.39, 0.29) is 11.6 Å². The first kappa shape index (κ1) is 23.9. The van der Waals surface area contributed by atoms with Crippen molar-refractivity contribution < 1.29 is 8.78 Å². The van der Waals surface area contributed by atoms with Crippen LogP contribution in [0.15, 0.2) is 48.8 Å². The van der Waals surface area contributed by atoms with Gasteiger partial charge in [0.1, 0.15) is 23.6 Å². The zero-order chi connectivity index (χ0) is 26.6. The lowest BCUT2D eigenvalue weighted by Gasteiger charge is -2.38. The van der Waals surface area contributed by atoms with Crippen LogP contribution in [0.25, 0.3) is 39.2 Å². The van der Waals surface area contributed by atoms with Crippen LogP contribution in [0.2, 0.25) is 0 Å². The van der Waals surface area contributed by atoms with E-state index in [0.717, 1.165) is 16.8 Å². The molecule has 2 aromatic carbocycles. The van der Waals surface area contributed by atoms with E-state index in [0.29, 0.717) is 47.7 Å². The van der Waals surface area contributed by atoms with Crippen LogP contribution in [0.4, 0.5) is 14.6 Å². The van der Waals surface area contributed by atoms with Crippen LogP contribution >= 0.6 is 0 Å². The van der Waals surface area contributed by atoms with Gasteiger partial charge < -0.3 is 9.80 Å². The predicted octanol–water partition coefficient (Wildman–Crippen LogP) is 3.83. The predicted molar refractivity (Wildman–Crippen MR) is 140 cm³/mol. The van der Waals surface area contributed by atoms with E-state index in [2.05, 4.69) is 20.2 Å². The lowest BCUT2D eigenvalue weighted by molar-refractivity contribution is 0.137. The van der Waals surface area contributed by atoms with Crippen LogP contribution in [0.1, 0.15) is 12.0 Å². The number of likely N-dealkylation sites (N-methyl/N-ethyl adjacent to an activating group) is 1. The number of hydrogen-bond acceptors (Lipinski definition) is 7. The Morgan fingerprint density at radius 3 is 2.71 bits per heavy atom. The zero-order valence-corrected chi connectivity index (χ0v) is 21.2. The van der Waals surface area contributed by atoms with Crippen molar-refractivity contribution in [3.05, 3.63) is 60.2 Å². The fourth-order valence-electron chi connectivity index (χ4n) is 5.19. The topological polar surface area (TPSA) is 91.2 Å².